The second kappa shape index (κ2) is 7.28. The molecular weight excluding hydrogens is 350 g/mol. The number of nitrogen functional groups attached to an aromatic ring is 1. The molecule has 3 aromatic rings. The number of aliphatic hydroxyl groups is 1. The average Bonchev–Trinajstić information content (AvgIpc) is 3.18. The van der Waals surface area contributed by atoms with E-state index < -0.39 is 5.60 Å². The SMILES string of the molecule is CC(C)(O)C1CCN(c2ccc(CNc3cccc4c(N)nccc34)cn2)C1. The topological polar surface area (TPSA) is 87.3 Å². The van der Waals surface area contributed by atoms with Crippen molar-refractivity contribution in [1.82, 2.24) is 9.97 Å². The minimum atomic E-state index is -0.643. The monoisotopic (exact) mass is 377 g/mol. The fourth-order valence-corrected chi connectivity index (χ4v) is 3.83. The Morgan fingerprint density at radius 2 is 2.04 bits per heavy atom. The number of anilines is 3. The molecular formula is C22H27N5O. The molecule has 3 heterocycles. The van der Waals surface area contributed by atoms with Crippen LogP contribution in [0, 0.1) is 5.92 Å². The lowest BCUT2D eigenvalue weighted by Gasteiger charge is -2.26. The molecule has 146 valence electrons. The molecule has 4 rings (SSSR count). The molecule has 1 fully saturated rings. The molecule has 0 aliphatic carbocycles. The average molecular weight is 377 g/mol. The number of aromatic nitrogens is 2. The van der Waals surface area contributed by atoms with E-state index in [0.29, 0.717) is 12.4 Å². The van der Waals surface area contributed by atoms with E-state index in [9.17, 15) is 5.11 Å². The Morgan fingerprint density at radius 1 is 1.18 bits per heavy atom. The molecule has 1 unspecified atom stereocenters. The van der Waals surface area contributed by atoms with E-state index in [0.717, 1.165) is 47.4 Å². The second-order valence-corrected chi connectivity index (χ2v) is 8.06. The fraction of sp³-hybridized carbons (Fsp3) is 0.364. The van der Waals surface area contributed by atoms with Gasteiger partial charge in [0.15, 0.2) is 0 Å². The van der Waals surface area contributed by atoms with Crippen molar-refractivity contribution >= 4 is 28.1 Å². The van der Waals surface area contributed by atoms with E-state index in [1.807, 2.05) is 44.3 Å². The van der Waals surface area contributed by atoms with Gasteiger partial charge in [-0.1, -0.05) is 18.2 Å². The van der Waals surface area contributed by atoms with Gasteiger partial charge in [-0.3, -0.25) is 0 Å². The Labute approximate surface area is 165 Å². The third-order valence-electron chi connectivity index (χ3n) is 5.64. The van der Waals surface area contributed by atoms with Crippen LogP contribution in [0.2, 0.25) is 0 Å². The lowest BCUT2D eigenvalue weighted by atomic mass is 9.90. The van der Waals surface area contributed by atoms with Crippen molar-refractivity contribution in [2.24, 2.45) is 5.92 Å². The van der Waals surface area contributed by atoms with Crippen molar-refractivity contribution in [2.75, 3.05) is 29.0 Å². The van der Waals surface area contributed by atoms with E-state index >= 15 is 0 Å². The van der Waals surface area contributed by atoms with Crippen LogP contribution >= 0.6 is 0 Å². The van der Waals surface area contributed by atoms with Crippen LogP contribution in [0.15, 0.2) is 48.8 Å². The van der Waals surface area contributed by atoms with Crippen molar-refractivity contribution < 1.29 is 5.11 Å². The molecule has 6 heteroatoms. The summed E-state index contributed by atoms with van der Waals surface area (Å²) in [5.41, 5.74) is 7.48. The number of rotatable bonds is 5. The smallest absolute Gasteiger partial charge is 0.131 e. The van der Waals surface area contributed by atoms with E-state index in [4.69, 9.17) is 5.73 Å². The van der Waals surface area contributed by atoms with Crippen LogP contribution in [-0.4, -0.2) is 33.8 Å². The molecule has 6 nitrogen and oxygen atoms in total. The number of hydrogen-bond donors (Lipinski definition) is 3. The van der Waals surface area contributed by atoms with Gasteiger partial charge < -0.3 is 21.1 Å². The predicted molar refractivity (Wildman–Crippen MR) is 114 cm³/mol. The molecule has 1 saturated heterocycles. The minimum absolute atomic E-state index is 0.281. The summed E-state index contributed by atoms with van der Waals surface area (Å²) in [6.45, 7) is 6.24. The Kier molecular flexibility index (Phi) is 4.81. The number of nitrogens with zero attached hydrogens (tertiary/aromatic N) is 3. The van der Waals surface area contributed by atoms with Gasteiger partial charge in [-0.2, -0.15) is 0 Å². The predicted octanol–water partition coefficient (Wildman–Crippen LogP) is 3.42. The molecule has 1 aromatic carbocycles. The summed E-state index contributed by atoms with van der Waals surface area (Å²) in [7, 11) is 0. The summed E-state index contributed by atoms with van der Waals surface area (Å²) in [5, 5.41) is 15.7. The maximum atomic E-state index is 10.2. The van der Waals surface area contributed by atoms with Gasteiger partial charge in [0.25, 0.3) is 0 Å². The third-order valence-corrected chi connectivity index (χ3v) is 5.64. The molecule has 1 aliphatic rings. The van der Waals surface area contributed by atoms with Crippen molar-refractivity contribution in [3.05, 3.63) is 54.4 Å². The van der Waals surface area contributed by atoms with Crippen LogP contribution in [0.1, 0.15) is 25.8 Å². The van der Waals surface area contributed by atoms with Crippen LogP contribution in [0.4, 0.5) is 17.3 Å². The second-order valence-electron chi connectivity index (χ2n) is 8.06. The first kappa shape index (κ1) is 18.5. The van der Waals surface area contributed by atoms with E-state index in [1.54, 1.807) is 6.20 Å². The Balaban J connectivity index is 1.43. The van der Waals surface area contributed by atoms with Crippen molar-refractivity contribution in [2.45, 2.75) is 32.4 Å². The summed E-state index contributed by atoms with van der Waals surface area (Å²) < 4.78 is 0. The zero-order valence-electron chi connectivity index (χ0n) is 16.4. The summed E-state index contributed by atoms with van der Waals surface area (Å²) in [5.74, 6) is 1.80. The first-order valence-corrected chi connectivity index (χ1v) is 9.71. The van der Waals surface area contributed by atoms with Crippen LogP contribution in [-0.2, 0) is 6.54 Å². The van der Waals surface area contributed by atoms with Crippen LogP contribution in [0.3, 0.4) is 0 Å². The summed E-state index contributed by atoms with van der Waals surface area (Å²) >= 11 is 0. The largest absolute Gasteiger partial charge is 0.390 e. The summed E-state index contributed by atoms with van der Waals surface area (Å²) in [6.07, 6.45) is 4.64. The van der Waals surface area contributed by atoms with E-state index in [-0.39, 0.29) is 5.92 Å². The van der Waals surface area contributed by atoms with Gasteiger partial charge in [0.2, 0.25) is 0 Å². The number of nitrogens with two attached hydrogens (primary N) is 1. The standard InChI is InChI=1S/C22H27N5O/c1-22(2,28)16-9-11-27(14-16)20-7-6-15(13-26-20)12-25-19-5-3-4-18-17(19)8-10-24-21(18)23/h3-8,10,13,16,25,28H,9,11-12,14H2,1-2H3,(H2,23,24). The molecule has 0 amide bonds. The number of benzene rings is 1. The zero-order valence-corrected chi connectivity index (χ0v) is 16.4. The highest BCUT2D eigenvalue weighted by Gasteiger charge is 2.33. The van der Waals surface area contributed by atoms with Gasteiger partial charge in [-0.05, 0) is 44.0 Å². The molecule has 4 N–H and O–H groups in total. The highest BCUT2D eigenvalue weighted by atomic mass is 16.3. The number of fused-ring (bicyclic) bond motifs is 1. The van der Waals surface area contributed by atoms with E-state index in [1.165, 1.54) is 0 Å². The highest BCUT2D eigenvalue weighted by molar-refractivity contribution is 5.99. The maximum absolute atomic E-state index is 10.2. The van der Waals surface area contributed by atoms with Crippen molar-refractivity contribution in [1.29, 1.82) is 0 Å². The van der Waals surface area contributed by atoms with Crippen LogP contribution in [0.5, 0.6) is 0 Å². The minimum Gasteiger partial charge on any atom is -0.390 e. The fourth-order valence-electron chi connectivity index (χ4n) is 3.83. The molecule has 0 saturated carbocycles. The Morgan fingerprint density at radius 3 is 2.75 bits per heavy atom. The molecule has 28 heavy (non-hydrogen) atoms. The zero-order chi connectivity index (χ0) is 19.7. The van der Waals surface area contributed by atoms with E-state index in [2.05, 4.69) is 32.3 Å². The van der Waals surface area contributed by atoms with Gasteiger partial charge in [-0.15, -0.1) is 0 Å². The molecule has 1 aliphatic heterocycles. The molecule has 0 bridgehead atoms. The van der Waals surface area contributed by atoms with Gasteiger partial charge in [-0.25, -0.2) is 9.97 Å². The van der Waals surface area contributed by atoms with Crippen molar-refractivity contribution in [3.8, 4) is 0 Å². The molecule has 2 aromatic heterocycles. The van der Waals surface area contributed by atoms with Crippen LogP contribution < -0.4 is 16.0 Å². The lowest BCUT2D eigenvalue weighted by Crippen LogP contribution is -2.33. The van der Waals surface area contributed by atoms with Gasteiger partial charge >= 0.3 is 0 Å². The molecule has 1 atom stereocenters. The Hall–Kier alpha value is -2.86. The lowest BCUT2D eigenvalue weighted by molar-refractivity contribution is 0.0263. The first-order chi connectivity index (χ1) is 13.4. The van der Waals surface area contributed by atoms with Gasteiger partial charge in [0.05, 0.1) is 5.60 Å². The normalized spacial score (nSPS) is 17.2. The Bertz CT molecular complexity index is 965. The van der Waals surface area contributed by atoms with Gasteiger partial charge in [0.1, 0.15) is 11.6 Å². The maximum Gasteiger partial charge on any atom is 0.131 e. The number of hydrogen-bond acceptors (Lipinski definition) is 6. The van der Waals surface area contributed by atoms with Crippen LogP contribution in [0.25, 0.3) is 10.8 Å². The quantitative estimate of drug-likeness (QED) is 0.631. The van der Waals surface area contributed by atoms with Crippen molar-refractivity contribution in [3.63, 3.8) is 0 Å². The summed E-state index contributed by atoms with van der Waals surface area (Å²) in [4.78, 5) is 11.0. The molecule has 0 spiro atoms. The summed E-state index contributed by atoms with van der Waals surface area (Å²) in [6, 6.07) is 12.2. The number of pyridine rings is 2. The number of nitrogens with one attached hydrogen (secondary N) is 1. The third kappa shape index (κ3) is 3.73. The first-order valence-electron chi connectivity index (χ1n) is 9.71. The molecule has 0 radical (unpaired) electrons. The highest BCUT2D eigenvalue weighted by Crippen LogP contribution is 2.30. The van der Waals surface area contributed by atoms with Gasteiger partial charge in [0, 0.05) is 54.4 Å².